The van der Waals surface area contributed by atoms with Crippen LogP contribution >= 0.6 is 0 Å². The van der Waals surface area contributed by atoms with Crippen LogP contribution in [0.25, 0.3) is 0 Å². The molecule has 3 aliphatic rings. The molecule has 0 spiro atoms. The topological polar surface area (TPSA) is 307 Å². The van der Waals surface area contributed by atoms with E-state index in [0.29, 0.717) is 12.8 Å². The third-order valence-corrected chi connectivity index (χ3v) is 24.0. The Kier molecular flexibility index (Phi) is 68.3. The average molecular weight is 1600 g/mol. The molecule has 112 heavy (non-hydrogen) atoms. The van der Waals surface area contributed by atoms with Gasteiger partial charge in [0.2, 0.25) is 5.91 Å². The van der Waals surface area contributed by atoms with Gasteiger partial charge in [0, 0.05) is 6.42 Å². The van der Waals surface area contributed by atoms with Crippen LogP contribution < -0.4 is 5.32 Å². The van der Waals surface area contributed by atoms with Gasteiger partial charge in [-0.05, 0) is 32.1 Å². The van der Waals surface area contributed by atoms with Crippen molar-refractivity contribution in [2.75, 3.05) is 26.4 Å². The predicted molar refractivity (Wildman–Crippen MR) is 453 cm³/mol. The van der Waals surface area contributed by atoms with E-state index in [2.05, 4.69) is 31.3 Å². The second-order valence-corrected chi connectivity index (χ2v) is 34.2. The molecule has 3 saturated heterocycles. The number of carbonyl (C=O) groups excluding carboxylic acids is 1. The Morgan fingerprint density at radius 1 is 0.312 bits per heavy atom. The van der Waals surface area contributed by atoms with Crippen molar-refractivity contribution in [3.63, 3.8) is 0 Å². The molecule has 0 aliphatic carbocycles. The van der Waals surface area contributed by atoms with Crippen molar-refractivity contribution < 1.29 is 89.4 Å². The first-order valence-corrected chi connectivity index (χ1v) is 47.6. The number of allylic oxidation sites excluding steroid dienone is 3. The minimum absolute atomic E-state index is 0.242. The molecular weight excluding hydrogens is 1420 g/mol. The van der Waals surface area contributed by atoms with Crippen LogP contribution in [0.3, 0.4) is 0 Å². The van der Waals surface area contributed by atoms with Gasteiger partial charge in [0.25, 0.3) is 0 Å². The molecule has 19 nitrogen and oxygen atoms in total. The first-order chi connectivity index (χ1) is 54.8. The van der Waals surface area contributed by atoms with Crippen molar-refractivity contribution in [1.29, 1.82) is 0 Å². The fraction of sp³-hybridized carbons (Fsp3) is 0.946. The number of nitrogens with one attached hydrogen (secondary N) is 1. The SMILES string of the molecule is CCCCCCCCCCCCCCCCCCCCCCCCCCC/C=C/CC/C=C/C(O)C(COC1OC(CO)C(OC2OC(CO)C(OC3OC(CO)C(O)C(O)C3O)C(O)C2O)C(O)C1O)NC(=O)CCCCCCCCCCCCCCCCCCCCCCCCCCCCCCCCCCCCCC. The van der Waals surface area contributed by atoms with Gasteiger partial charge in [0.05, 0.1) is 38.6 Å². The van der Waals surface area contributed by atoms with Crippen molar-refractivity contribution in [2.45, 2.75) is 535 Å². The normalized spacial score (nSPS) is 25.0. The summed E-state index contributed by atoms with van der Waals surface area (Å²) in [5.41, 5.74) is 0. The summed E-state index contributed by atoms with van der Waals surface area (Å²) in [7, 11) is 0. The minimum atomic E-state index is -1.98. The lowest BCUT2D eigenvalue weighted by Gasteiger charge is -2.48. The van der Waals surface area contributed by atoms with Crippen molar-refractivity contribution in [1.82, 2.24) is 5.32 Å². The highest BCUT2D eigenvalue weighted by atomic mass is 16.8. The summed E-state index contributed by atoms with van der Waals surface area (Å²) >= 11 is 0. The molecule has 3 fully saturated rings. The number of aliphatic hydroxyl groups excluding tert-OH is 11. The Balaban J connectivity index is 1.31. The number of amides is 1. The molecule has 1 amide bonds. The molecule has 17 atom stereocenters. The molecule has 0 aromatic carbocycles. The summed E-state index contributed by atoms with van der Waals surface area (Å²) in [4.78, 5) is 13.5. The van der Waals surface area contributed by atoms with Gasteiger partial charge in [-0.3, -0.25) is 4.79 Å². The summed E-state index contributed by atoms with van der Waals surface area (Å²) in [6, 6.07) is -0.990. The van der Waals surface area contributed by atoms with E-state index >= 15 is 0 Å². The highest BCUT2D eigenvalue weighted by molar-refractivity contribution is 5.76. The van der Waals surface area contributed by atoms with Crippen LogP contribution in [0.1, 0.15) is 431 Å². The van der Waals surface area contributed by atoms with Crippen LogP contribution in [0.5, 0.6) is 0 Å². The fourth-order valence-electron chi connectivity index (χ4n) is 16.5. The van der Waals surface area contributed by atoms with Crippen molar-refractivity contribution in [3.8, 4) is 0 Å². The van der Waals surface area contributed by atoms with E-state index in [-0.39, 0.29) is 18.9 Å². The third kappa shape index (κ3) is 51.0. The maximum atomic E-state index is 13.5. The molecular formula is C93H177NO18. The van der Waals surface area contributed by atoms with Gasteiger partial charge in [-0.15, -0.1) is 0 Å². The average Bonchev–Trinajstić information content (AvgIpc) is 0.781. The van der Waals surface area contributed by atoms with Gasteiger partial charge >= 0.3 is 0 Å². The van der Waals surface area contributed by atoms with E-state index in [1.54, 1.807) is 6.08 Å². The molecule has 19 heteroatoms. The fourth-order valence-corrected chi connectivity index (χ4v) is 16.5. The smallest absolute Gasteiger partial charge is 0.220 e. The Morgan fingerprint density at radius 3 is 0.893 bits per heavy atom. The highest BCUT2D eigenvalue weighted by Gasteiger charge is 2.54. The lowest BCUT2D eigenvalue weighted by atomic mass is 9.96. The lowest BCUT2D eigenvalue weighted by Crippen LogP contribution is -2.66. The molecule has 0 aromatic rings. The summed E-state index contributed by atoms with van der Waals surface area (Å²) in [6.07, 6.45) is 66.5. The number of aliphatic hydroxyl groups is 11. The highest BCUT2D eigenvalue weighted by Crippen LogP contribution is 2.34. The van der Waals surface area contributed by atoms with E-state index in [4.69, 9.17) is 28.4 Å². The molecule has 3 rings (SSSR count). The zero-order valence-corrected chi connectivity index (χ0v) is 71.7. The van der Waals surface area contributed by atoms with Crippen LogP contribution in [-0.4, -0.2) is 193 Å². The van der Waals surface area contributed by atoms with Crippen LogP contribution in [-0.2, 0) is 33.2 Å². The maximum Gasteiger partial charge on any atom is 0.220 e. The second-order valence-electron chi connectivity index (χ2n) is 34.2. The molecule has 0 aromatic heterocycles. The van der Waals surface area contributed by atoms with Crippen molar-refractivity contribution >= 4 is 5.91 Å². The number of ether oxygens (including phenoxy) is 6. The van der Waals surface area contributed by atoms with Gasteiger partial charge in [-0.1, -0.05) is 417 Å². The molecule has 0 radical (unpaired) electrons. The number of rotatable bonds is 79. The lowest BCUT2D eigenvalue weighted by molar-refractivity contribution is -0.379. The van der Waals surface area contributed by atoms with E-state index < -0.39 is 124 Å². The van der Waals surface area contributed by atoms with Crippen LogP contribution in [0.15, 0.2) is 24.3 Å². The third-order valence-electron chi connectivity index (χ3n) is 24.0. The van der Waals surface area contributed by atoms with Crippen molar-refractivity contribution in [2.24, 2.45) is 0 Å². The Hall–Kier alpha value is -1.73. The molecule has 662 valence electrons. The first-order valence-electron chi connectivity index (χ1n) is 47.6. The summed E-state index contributed by atoms with van der Waals surface area (Å²) in [6.45, 7) is 1.80. The van der Waals surface area contributed by atoms with E-state index in [9.17, 15) is 61.0 Å². The number of carbonyl (C=O) groups is 1. The predicted octanol–water partition coefficient (Wildman–Crippen LogP) is 18.8. The van der Waals surface area contributed by atoms with Crippen LogP contribution in [0, 0.1) is 0 Å². The molecule has 0 saturated carbocycles. The molecule has 0 bridgehead atoms. The monoisotopic (exact) mass is 1600 g/mol. The number of hydrogen-bond acceptors (Lipinski definition) is 18. The van der Waals surface area contributed by atoms with E-state index in [0.717, 1.165) is 38.5 Å². The Bertz CT molecular complexity index is 2110. The van der Waals surface area contributed by atoms with E-state index in [1.807, 2.05) is 6.08 Å². The van der Waals surface area contributed by atoms with Gasteiger partial charge in [-0.2, -0.15) is 0 Å². The van der Waals surface area contributed by atoms with Crippen LogP contribution in [0.4, 0.5) is 0 Å². The summed E-state index contributed by atoms with van der Waals surface area (Å²) in [5.74, 6) is -0.275. The standard InChI is InChI=1S/C93H177NO18/c1-3-5-7-9-11-13-15-17-19-21-23-25-27-29-31-33-35-36-37-38-39-41-43-45-47-49-51-53-55-57-59-61-63-65-67-69-71-81(99)94-76(77(98)70-68-66-64-62-60-58-56-54-52-50-48-46-44-42-40-34-32-30-28-26-24-22-20-18-16-14-12-10-8-6-4-2)75-107-91-87(105)84(102)89(79(73-96)109-91)112-93-88(106)85(103)90(80(74-97)110-93)111-92-86(104)83(101)82(100)78(72-95)108-92/h60,62,68,70,76-80,82-93,95-98,100-106H,3-59,61,63-67,69,71-75H2,1-2H3,(H,94,99)/b62-60+,70-68+. The largest absolute Gasteiger partial charge is 0.394 e. The van der Waals surface area contributed by atoms with E-state index in [1.165, 1.54) is 360 Å². The molecule has 3 aliphatic heterocycles. The van der Waals surface area contributed by atoms with Crippen LogP contribution in [0.2, 0.25) is 0 Å². The zero-order chi connectivity index (χ0) is 81.0. The number of unbranched alkanes of at least 4 members (excludes halogenated alkanes) is 61. The molecule has 17 unspecified atom stereocenters. The summed E-state index contributed by atoms with van der Waals surface area (Å²) < 4.78 is 34.5. The minimum Gasteiger partial charge on any atom is -0.394 e. The van der Waals surface area contributed by atoms with Gasteiger partial charge in [-0.25, -0.2) is 0 Å². The number of hydrogen-bond donors (Lipinski definition) is 12. The quantitative estimate of drug-likeness (QED) is 0.0199. The van der Waals surface area contributed by atoms with Gasteiger partial charge < -0.3 is 89.9 Å². The molecule has 12 N–H and O–H groups in total. The first kappa shape index (κ1) is 104. The second kappa shape index (κ2) is 73.2. The molecule has 3 heterocycles. The Labute approximate surface area is 683 Å². The van der Waals surface area contributed by atoms with Gasteiger partial charge in [0.1, 0.15) is 73.2 Å². The Morgan fingerprint density at radius 2 is 0.571 bits per heavy atom. The van der Waals surface area contributed by atoms with Crippen molar-refractivity contribution in [3.05, 3.63) is 24.3 Å². The van der Waals surface area contributed by atoms with Gasteiger partial charge in [0.15, 0.2) is 18.9 Å². The maximum absolute atomic E-state index is 13.5. The zero-order valence-electron chi connectivity index (χ0n) is 71.7. The summed E-state index contributed by atoms with van der Waals surface area (Å²) in [5, 5.41) is 121.